The summed E-state index contributed by atoms with van der Waals surface area (Å²) in [6.45, 7) is 17.9. The number of carbonyl (C=O) groups excluding carboxylic acids is 4. The van der Waals surface area contributed by atoms with Gasteiger partial charge in [0.25, 0.3) is 5.91 Å². The van der Waals surface area contributed by atoms with Crippen molar-refractivity contribution in [1.29, 1.82) is 0 Å². The third-order valence-electron chi connectivity index (χ3n) is 13.3. The standard InChI is InChI=1S/C49H79N7O8/c1-11-34(6)44(54(8)49(61)42(32(2)3)52-48(60)43(33(4)5)55-27-24-50-25-28-55)40(62-9)30-41(57)56-26-18-23-39(56)45(63-10)35(7)46(58)51-38(29-36-19-14-12-15-20-36)47(59)53-64-31-37-21-16-13-17-22-37/h12-17,19-22,32-35,38-40,42-45,49-50,61H,11,18,23-31H2,1-10H3,(H,51,58)(H,52,60)(H,53,59)/t34-,35+,38-,39-,40?,42-,43-,44-,45+,49?/m0/s1. The zero-order valence-electron chi connectivity index (χ0n) is 40.1. The first-order chi connectivity index (χ1) is 30.6. The summed E-state index contributed by atoms with van der Waals surface area (Å²) in [6, 6.07) is 16.3. The highest BCUT2D eigenvalue weighted by Gasteiger charge is 2.44. The van der Waals surface area contributed by atoms with Gasteiger partial charge in [-0.2, -0.15) is 0 Å². The lowest BCUT2D eigenvalue weighted by Gasteiger charge is -2.44. The first-order valence-corrected chi connectivity index (χ1v) is 23.4. The second-order valence-corrected chi connectivity index (χ2v) is 18.5. The van der Waals surface area contributed by atoms with Crippen LogP contribution in [0.2, 0.25) is 0 Å². The zero-order chi connectivity index (χ0) is 46.9. The van der Waals surface area contributed by atoms with Gasteiger partial charge < -0.3 is 35.4 Å². The molecule has 2 unspecified atom stereocenters. The smallest absolute Gasteiger partial charge is 0.266 e. The summed E-state index contributed by atoms with van der Waals surface area (Å²) in [4.78, 5) is 67.5. The van der Waals surface area contributed by atoms with E-state index in [1.807, 2.05) is 86.5 Å². The Hall–Kier alpha value is -3.96. The van der Waals surface area contributed by atoms with Crippen molar-refractivity contribution >= 4 is 23.6 Å². The summed E-state index contributed by atoms with van der Waals surface area (Å²) < 4.78 is 12.2. The monoisotopic (exact) mass is 894 g/mol. The van der Waals surface area contributed by atoms with Crippen LogP contribution >= 0.6 is 0 Å². The van der Waals surface area contributed by atoms with E-state index >= 15 is 0 Å². The van der Waals surface area contributed by atoms with E-state index in [1.54, 1.807) is 26.0 Å². The summed E-state index contributed by atoms with van der Waals surface area (Å²) in [5.74, 6) is -1.83. The van der Waals surface area contributed by atoms with E-state index < -0.39 is 48.4 Å². The van der Waals surface area contributed by atoms with E-state index in [0.29, 0.717) is 13.0 Å². The molecule has 4 rings (SSSR count). The van der Waals surface area contributed by atoms with Gasteiger partial charge in [-0.3, -0.25) is 33.8 Å². The van der Waals surface area contributed by atoms with Gasteiger partial charge in [0, 0.05) is 59.4 Å². The predicted octanol–water partition coefficient (Wildman–Crippen LogP) is 3.74. The summed E-state index contributed by atoms with van der Waals surface area (Å²) >= 11 is 0. The Morgan fingerprint density at radius 3 is 2.02 bits per heavy atom. The number of hydroxylamine groups is 1. The van der Waals surface area contributed by atoms with Crippen molar-refractivity contribution in [2.75, 3.05) is 54.0 Å². The van der Waals surface area contributed by atoms with Gasteiger partial charge >= 0.3 is 0 Å². The lowest BCUT2D eigenvalue weighted by atomic mass is 9.89. The maximum atomic E-state index is 14.5. The molecule has 10 atom stereocenters. The molecular formula is C49H79N7O8. The summed E-state index contributed by atoms with van der Waals surface area (Å²) in [6.07, 6.45) is 0.0809. The minimum Gasteiger partial charge on any atom is -0.379 e. The van der Waals surface area contributed by atoms with Crippen molar-refractivity contribution in [3.63, 3.8) is 0 Å². The van der Waals surface area contributed by atoms with E-state index in [-0.39, 0.29) is 67.0 Å². The Morgan fingerprint density at radius 1 is 0.828 bits per heavy atom. The molecule has 2 heterocycles. The summed E-state index contributed by atoms with van der Waals surface area (Å²) in [5.41, 5.74) is 4.28. The SMILES string of the molecule is CC[C@H](C)[C@@H](C(CC(=O)N1CCC[C@H]1[C@H](OC)[C@@H](C)C(=O)N[C@@H](Cc1ccccc1)C(=O)NOCc1ccccc1)OC)N(C)C(O)[C@@H](NC(=O)[C@H](C(C)C)N1CCNCC1)C(C)C. The maximum Gasteiger partial charge on any atom is 0.266 e. The molecule has 2 aliphatic rings. The Labute approximate surface area is 382 Å². The molecule has 0 spiro atoms. The van der Waals surface area contributed by atoms with Crippen molar-refractivity contribution < 1.29 is 38.6 Å². The Kier molecular flexibility index (Phi) is 21.6. The minimum absolute atomic E-state index is 0.0137. The summed E-state index contributed by atoms with van der Waals surface area (Å²) in [5, 5.41) is 21.7. The molecule has 5 N–H and O–H groups in total. The van der Waals surface area contributed by atoms with Gasteiger partial charge in [-0.15, -0.1) is 0 Å². The molecule has 2 aliphatic heterocycles. The van der Waals surface area contributed by atoms with Crippen molar-refractivity contribution in [2.45, 2.75) is 136 Å². The van der Waals surface area contributed by atoms with Crippen LogP contribution in [0.15, 0.2) is 60.7 Å². The van der Waals surface area contributed by atoms with Crippen LogP contribution in [-0.4, -0.2) is 146 Å². The first-order valence-electron chi connectivity index (χ1n) is 23.4. The van der Waals surface area contributed by atoms with Gasteiger partial charge in [-0.05, 0) is 48.8 Å². The molecule has 0 bridgehead atoms. The van der Waals surface area contributed by atoms with Crippen LogP contribution in [0.25, 0.3) is 0 Å². The van der Waals surface area contributed by atoms with Crippen LogP contribution in [-0.2, 0) is 46.5 Å². The van der Waals surface area contributed by atoms with E-state index in [1.165, 1.54) is 0 Å². The molecule has 2 fully saturated rings. The number of piperazine rings is 1. The van der Waals surface area contributed by atoms with Crippen molar-refractivity contribution in [2.24, 2.45) is 23.7 Å². The fraction of sp³-hybridized carbons (Fsp3) is 0.673. The van der Waals surface area contributed by atoms with Gasteiger partial charge in [0.15, 0.2) is 0 Å². The topological polar surface area (TPSA) is 174 Å². The number of hydrogen-bond donors (Lipinski definition) is 5. The number of rotatable bonds is 25. The summed E-state index contributed by atoms with van der Waals surface area (Å²) in [7, 11) is 4.98. The van der Waals surface area contributed by atoms with Crippen LogP contribution in [0, 0.1) is 23.7 Å². The molecule has 2 saturated heterocycles. The minimum atomic E-state index is -1.06. The number of hydrogen-bond acceptors (Lipinski definition) is 11. The van der Waals surface area contributed by atoms with Gasteiger partial charge in [0.1, 0.15) is 12.3 Å². The quantitative estimate of drug-likeness (QED) is 0.0727. The van der Waals surface area contributed by atoms with Crippen molar-refractivity contribution in [1.82, 2.24) is 36.1 Å². The molecular weight excluding hydrogens is 815 g/mol. The third-order valence-corrected chi connectivity index (χ3v) is 13.3. The van der Waals surface area contributed by atoms with Gasteiger partial charge in [0.05, 0.1) is 49.3 Å². The highest BCUT2D eigenvalue weighted by atomic mass is 16.7. The Balaban J connectivity index is 1.47. The predicted molar refractivity (Wildman–Crippen MR) is 248 cm³/mol. The second-order valence-electron chi connectivity index (χ2n) is 18.5. The number of ether oxygens (including phenoxy) is 2. The molecule has 2 aromatic carbocycles. The number of likely N-dealkylation sites (tertiary alicyclic amines) is 1. The maximum absolute atomic E-state index is 14.5. The number of carbonyl (C=O) groups is 4. The van der Waals surface area contributed by atoms with Gasteiger partial charge in [-0.1, -0.05) is 116 Å². The van der Waals surface area contributed by atoms with Crippen LogP contribution in [0.5, 0.6) is 0 Å². The Bertz CT molecular complexity index is 1720. The highest BCUT2D eigenvalue weighted by Crippen LogP contribution is 2.30. The van der Waals surface area contributed by atoms with Crippen LogP contribution < -0.4 is 21.4 Å². The number of nitrogens with zero attached hydrogens (tertiary/aromatic N) is 3. The fourth-order valence-corrected chi connectivity index (χ4v) is 9.51. The molecule has 2 aromatic rings. The largest absolute Gasteiger partial charge is 0.379 e. The molecule has 0 radical (unpaired) electrons. The van der Waals surface area contributed by atoms with Crippen LogP contribution in [0.4, 0.5) is 0 Å². The van der Waals surface area contributed by atoms with Crippen molar-refractivity contribution in [3.8, 4) is 0 Å². The molecule has 0 saturated carbocycles. The molecule has 4 amide bonds. The lowest BCUT2D eigenvalue weighted by Crippen LogP contribution is -2.63. The van der Waals surface area contributed by atoms with E-state index in [4.69, 9.17) is 14.3 Å². The van der Waals surface area contributed by atoms with Gasteiger partial charge in [-0.25, -0.2) is 5.48 Å². The lowest BCUT2D eigenvalue weighted by molar-refractivity contribution is -0.146. The fourth-order valence-electron chi connectivity index (χ4n) is 9.51. The highest BCUT2D eigenvalue weighted by molar-refractivity contribution is 5.88. The normalized spacial score (nSPS) is 20.2. The van der Waals surface area contributed by atoms with E-state index in [0.717, 1.165) is 50.1 Å². The number of likely N-dealkylation sites (N-methyl/N-ethyl adjacent to an activating group) is 1. The second kappa shape index (κ2) is 26.3. The number of amides is 4. The Morgan fingerprint density at radius 2 is 1.45 bits per heavy atom. The molecule has 64 heavy (non-hydrogen) atoms. The average molecular weight is 894 g/mol. The van der Waals surface area contributed by atoms with Gasteiger partial charge in [0.2, 0.25) is 17.7 Å². The molecule has 0 aromatic heterocycles. The van der Waals surface area contributed by atoms with Crippen LogP contribution in [0.1, 0.15) is 85.3 Å². The number of benzene rings is 2. The first kappa shape index (κ1) is 52.7. The third kappa shape index (κ3) is 14.5. The zero-order valence-corrected chi connectivity index (χ0v) is 40.1. The molecule has 15 nitrogen and oxygen atoms in total. The number of nitrogens with one attached hydrogen (secondary N) is 4. The van der Waals surface area contributed by atoms with Crippen LogP contribution in [0.3, 0.4) is 0 Å². The molecule has 358 valence electrons. The number of aliphatic hydroxyl groups excluding tert-OH is 1. The average Bonchev–Trinajstić information content (AvgIpc) is 3.78. The molecule has 0 aliphatic carbocycles. The molecule has 15 heteroatoms. The number of aliphatic hydroxyl groups is 1. The van der Waals surface area contributed by atoms with E-state index in [9.17, 15) is 24.3 Å². The van der Waals surface area contributed by atoms with E-state index in [2.05, 4.69) is 54.0 Å². The number of methoxy groups -OCH3 is 2. The van der Waals surface area contributed by atoms with Crippen molar-refractivity contribution in [3.05, 3.63) is 71.8 Å².